The van der Waals surface area contributed by atoms with E-state index in [-0.39, 0.29) is 29.9 Å². The number of phenols is 1. The Morgan fingerprint density at radius 2 is 2.17 bits per heavy atom. The highest BCUT2D eigenvalue weighted by Gasteiger charge is 2.42. The van der Waals surface area contributed by atoms with Gasteiger partial charge in [-0.05, 0) is 62.1 Å². The van der Waals surface area contributed by atoms with E-state index in [1.165, 1.54) is 37.8 Å². The third-order valence-electron chi connectivity index (χ3n) is 5.34. The molecule has 2 aliphatic rings. The molecule has 24 heavy (non-hydrogen) atoms. The number of phenolic OH excluding ortho intramolecular Hbond substituents is 1. The summed E-state index contributed by atoms with van der Waals surface area (Å²) < 4.78 is 5.67. The Hall–Kier alpha value is -1.56. The van der Waals surface area contributed by atoms with Gasteiger partial charge in [-0.2, -0.15) is 0 Å². The minimum Gasteiger partial charge on any atom is -0.507 e. The van der Waals surface area contributed by atoms with Crippen molar-refractivity contribution in [3.05, 3.63) is 28.2 Å². The second kappa shape index (κ2) is 7.13. The van der Waals surface area contributed by atoms with Crippen LogP contribution in [0.5, 0.6) is 5.75 Å². The Labute approximate surface area is 149 Å². The molecule has 0 aromatic heterocycles. The number of ether oxygens (including phenoxy) is 1. The molecule has 2 fully saturated rings. The Kier molecular flexibility index (Phi) is 5.13. The van der Waals surface area contributed by atoms with Crippen molar-refractivity contribution in [3.8, 4) is 5.75 Å². The summed E-state index contributed by atoms with van der Waals surface area (Å²) in [5, 5.41) is 12.6. The van der Waals surface area contributed by atoms with Gasteiger partial charge in [-0.15, -0.1) is 0 Å². The topological polar surface area (TPSA) is 75.6 Å². The first-order chi connectivity index (χ1) is 11.4. The van der Waals surface area contributed by atoms with Crippen LogP contribution in [0.2, 0.25) is 0 Å². The quantitative estimate of drug-likeness (QED) is 0.750. The Morgan fingerprint density at radius 3 is 2.83 bits per heavy atom. The molecule has 1 amide bonds. The molecule has 1 aromatic rings. The fourth-order valence-electron chi connectivity index (χ4n) is 4.19. The summed E-state index contributed by atoms with van der Waals surface area (Å²) in [7, 11) is 0. The van der Waals surface area contributed by atoms with Crippen LogP contribution in [0.15, 0.2) is 22.7 Å². The molecule has 2 N–H and O–H groups in total. The lowest BCUT2D eigenvalue weighted by atomic mass is 9.84. The lowest BCUT2D eigenvalue weighted by molar-refractivity contribution is -0.125. The lowest BCUT2D eigenvalue weighted by Gasteiger charge is -2.28. The van der Waals surface area contributed by atoms with Crippen molar-refractivity contribution in [2.75, 3.05) is 6.61 Å². The number of nitrogens with one attached hydrogen (secondary N) is 1. The number of hydrogen-bond acceptors (Lipinski definition) is 4. The molecule has 5 nitrogen and oxygen atoms in total. The number of halogens is 1. The molecule has 0 radical (unpaired) electrons. The van der Waals surface area contributed by atoms with Crippen molar-refractivity contribution < 1.29 is 19.4 Å². The van der Waals surface area contributed by atoms with Gasteiger partial charge in [0.1, 0.15) is 11.3 Å². The summed E-state index contributed by atoms with van der Waals surface area (Å²) in [4.78, 5) is 24.0. The van der Waals surface area contributed by atoms with E-state index in [1.807, 2.05) is 6.92 Å². The standard InChI is InChI=1S/C18H22BrNO4/c1-10(14-7-11-2-3-12(14)6-11)20-17(22)9-24-18(23)15-8-13(19)4-5-16(15)21/h4-5,8,10-12,14,21H,2-3,6-7,9H2,1H3,(H,20,22)/t10-,11-,12-,14+/m0/s1. The van der Waals surface area contributed by atoms with Gasteiger partial charge in [0.15, 0.2) is 6.61 Å². The van der Waals surface area contributed by atoms with Gasteiger partial charge in [0.05, 0.1) is 0 Å². The first kappa shape index (κ1) is 17.3. The molecule has 0 spiro atoms. The number of benzene rings is 1. The van der Waals surface area contributed by atoms with Crippen molar-refractivity contribution in [1.29, 1.82) is 0 Å². The molecule has 0 unspecified atom stereocenters. The smallest absolute Gasteiger partial charge is 0.342 e. The zero-order chi connectivity index (χ0) is 17.3. The van der Waals surface area contributed by atoms with Gasteiger partial charge < -0.3 is 15.2 Å². The lowest BCUT2D eigenvalue weighted by Crippen LogP contribution is -2.42. The molecule has 2 bridgehead atoms. The van der Waals surface area contributed by atoms with Crippen LogP contribution in [-0.4, -0.2) is 29.6 Å². The molecule has 2 saturated carbocycles. The zero-order valence-corrected chi connectivity index (χ0v) is 15.2. The predicted molar refractivity (Wildman–Crippen MR) is 92.6 cm³/mol. The summed E-state index contributed by atoms with van der Waals surface area (Å²) in [6.07, 6.45) is 5.09. The maximum atomic E-state index is 12.0. The molecule has 130 valence electrons. The van der Waals surface area contributed by atoms with Crippen molar-refractivity contribution >= 4 is 27.8 Å². The molecule has 0 heterocycles. The van der Waals surface area contributed by atoms with Crippen LogP contribution < -0.4 is 5.32 Å². The second-order valence-electron chi connectivity index (χ2n) is 6.93. The van der Waals surface area contributed by atoms with E-state index in [4.69, 9.17) is 4.74 Å². The molecule has 0 aliphatic heterocycles. The number of rotatable bonds is 5. The molecule has 3 rings (SSSR count). The third kappa shape index (κ3) is 3.74. The van der Waals surface area contributed by atoms with E-state index < -0.39 is 5.97 Å². The van der Waals surface area contributed by atoms with Crippen LogP contribution >= 0.6 is 15.9 Å². The zero-order valence-electron chi connectivity index (χ0n) is 13.6. The number of hydrogen-bond donors (Lipinski definition) is 2. The number of carbonyl (C=O) groups excluding carboxylic acids is 2. The van der Waals surface area contributed by atoms with E-state index in [0.29, 0.717) is 10.4 Å². The normalized spacial score (nSPS) is 26.2. The molecule has 6 heteroatoms. The average Bonchev–Trinajstić information content (AvgIpc) is 3.18. The summed E-state index contributed by atoms with van der Waals surface area (Å²) >= 11 is 3.23. The van der Waals surface area contributed by atoms with Crippen LogP contribution in [0, 0.1) is 17.8 Å². The molecule has 2 aliphatic carbocycles. The molecular formula is C18H22BrNO4. The summed E-state index contributed by atoms with van der Waals surface area (Å²) in [5.74, 6) is 0.921. The summed E-state index contributed by atoms with van der Waals surface area (Å²) in [6.45, 7) is 1.70. The SMILES string of the molecule is C[C@H](NC(=O)COC(=O)c1cc(Br)ccc1O)[C@H]1C[C@H]2CC[C@H]1C2. The van der Waals surface area contributed by atoms with E-state index in [1.54, 1.807) is 6.07 Å². The van der Waals surface area contributed by atoms with E-state index >= 15 is 0 Å². The van der Waals surface area contributed by atoms with Crippen LogP contribution in [0.4, 0.5) is 0 Å². The first-order valence-electron chi connectivity index (χ1n) is 8.39. The van der Waals surface area contributed by atoms with Crippen LogP contribution in [-0.2, 0) is 9.53 Å². The Balaban J connectivity index is 1.48. The monoisotopic (exact) mass is 395 g/mol. The number of esters is 1. The number of fused-ring (bicyclic) bond motifs is 2. The highest BCUT2D eigenvalue weighted by atomic mass is 79.9. The summed E-state index contributed by atoms with van der Waals surface area (Å²) in [6, 6.07) is 4.59. The van der Waals surface area contributed by atoms with Crippen LogP contribution in [0.25, 0.3) is 0 Å². The van der Waals surface area contributed by atoms with Crippen molar-refractivity contribution in [2.45, 2.75) is 38.6 Å². The van der Waals surface area contributed by atoms with Gasteiger partial charge in [0.2, 0.25) is 0 Å². The van der Waals surface area contributed by atoms with Gasteiger partial charge in [0.25, 0.3) is 5.91 Å². The van der Waals surface area contributed by atoms with Gasteiger partial charge in [-0.3, -0.25) is 4.79 Å². The predicted octanol–water partition coefficient (Wildman–Crippen LogP) is 3.25. The maximum absolute atomic E-state index is 12.0. The molecule has 4 atom stereocenters. The first-order valence-corrected chi connectivity index (χ1v) is 9.18. The third-order valence-corrected chi connectivity index (χ3v) is 5.83. The Bertz CT molecular complexity index is 648. The fraction of sp³-hybridized carbons (Fsp3) is 0.556. The van der Waals surface area contributed by atoms with Gasteiger partial charge in [-0.1, -0.05) is 22.4 Å². The van der Waals surface area contributed by atoms with E-state index in [0.717, 1.165) is 11.8 Å². The van der Waals surface area contributed by atoms with Crippen LogP contribution in [0.3, 0.4) is 0 Å². The summed E-state index contributed by atoms with van der Waals surface area (Å²) in [5.41, 5.74) is 0.0401. The average molecular weight is 396 g/mol. The molecule has 0 saturated heterocycles. The second-order valence-corrected chi connectivity index (χ2v) is 7.85. The number of aromatic hydroxyl groups is 1. The highest BCUT2D eigenvalue weighted by Crippen LogP contribution is 2.49. The van der Waals surface area contributed by atoms with Crippen molar-refractivity contribution in [3.63, 3.8) is 0 Å². The minimum atomic E-state index is -0.712. The van der Waals surface area contributed by atoms with Crippen molar-refractivity contribution in [2.24, 2.45) is 17.8 Å². The highest BCUT2D eigenvalue weighted by molar-refractivity contribution is 9.10. The molecular weight excluding hydrogens is 374 g/mol. The van der Waals surface area contributed by atoms with Gasteiger partial charge >= 0.3 is 5.97 Å². The number of amides is 1. The van der Waals surface area contributed by atoms with E-state index in [9.17, 15) is 14.7 Å². The van der Waals surface area contributed by atoms with E-state index in [2.05, 4.69) is 21.2 Å². The van der Waals surface area contributed by atoms with Gasteiger partial charge in [-0.25, -0.2) is 4.79 Å². The largest absolute Gasteiger partial charge is 0.507 e. The fourth-order valence-corrected chi connectivity index (χ4v) is 4.55. The van der Waals surface area contributed by atoms with Crippen LogP contribution in [0.1, 0.15) is 43.0 Å². The number of carbonyl (C=O) groups is 2. The minimum absolute atomic E-state index is 0.0401. The Morgan fingerprint density at radius 1 is 1.38 bits per heavy atom. The van der Waals surface area contributed by atoms with Gasteiger partial charge in [0, 0.05) is 10.5 Å². The molecule has 1 aromatic carbocycles. The maximum Gasteiger partial charge on any atom is 0.342 e. The van der Waals surface area contributed by atoms with Crippen molar-refractivity contribution in [1.82, 2.24) is 5.32 Å².